The summed E-state index contributed by atoms with van der Waals surface area (Å²) in [5.41, 5.74) is 3.66. The fourth-order valence-electron chi connectivity index (χ4n) is 3.87. The molecular formula is C31H33N3O5S. The van der Waals surface area contributed by atoms with Crippen molar-refractivity contribution in [2.24, 2.45) is 0 Å². The number of nitrogens with one attached hydrogen (secondary N) is 2. The highest BCUT2D eigenvalue weighted by molar-refractivity contribution is 7.99. The van der Waals surface area contributed by atoms with Gasteiger partial charge in [-0.15, -0.1) is 0 Å². The number of rotatable bonds is 9. The van der Waals surface area contributed by atoms with Crippen LogP contribution in [0, 0.1) is 0 Å². The molecule has 40 heavy (non-hydrogen) atoms. The second-order valence-corrected chi connectivity index (χ2v) is 10.7. The van der Waals surface area contributed by atoms with E-state index in [1.807, 2.05) is 99.6 Å². The number of nitrogens with zero attached hydrogens (tertiary/aromatic N) is 1. The largest absolute Gasteiger partial charge is 0.497 e. The van der Waals surface area contributed by atoms with E-state index in [-0.39, 0.29) is 0 Å². The van der Waals surface area contributed by atoms with Crippen molar-refractivity contribution in [3.8, 4) is 45.3 Å². The van der Waals surface area contributed by atoms with E-state index in [4.69, 9.17) is 14.2 Å². The normalized spacial score (nSPS) is 10.9. The lowest BCUT2D eigenvalue weighted by Crippen LogP contribution is -2.45. The Labute approximate surface area is 239 Å². The Balaban J connectivity index is 1.62. The Hall–Kier alpha value is -4.34. The van der Waals surface area contributed by atoms with E-state index in [0.717, 1.165) is 50.4 Å². The molecule has 2 amide bonds. The monoisotopic (exact) mass is 559 g/mol. The minimum Gasteiger partial charge on any atom is -0.497 e. The fraction of sp³-hybridized carbons (Fsp3) is 0.194. The number of hydrogen-bond acceptors (Lipinski definition) is 7. The second kappa shape index (κ2) is 12.7. The summed E-state index contributed by atoms with van der Waals surface area (Å²) in [6, 6.07) is 28.1. The first kappa shape index (κ1) is 28.7. The van der Waals surface area contributed by atoms with Crippen LogP contribution in [0.1, 0.15) is 20.8 Å². The first-order chi connectivity index (χ1) is 19.1. The second-order valence-electron chi connectivity index (χ2n) is 9.94. The van der Waals surface area contributed by atoms with E-state index in [1.165, 1.54) is 0 Å². The van der Waals surface area contributed by atoms with Crippen LogP contribution in [0.15, 0.2) is 91.0 Å². The fourth-order valence-corrected chi connectivity index (χ4v) is 4.33. The van der Waals surface area contributed by atoms with Gasteiger partial charge in [-0.2, -0.15) is 4.47 Å². The van der Waals surface area contributed by atoms with Gasteiger partial charge >= 0.3 is 6.03 Å². The van der Waals surface area contributed by atoms with E-state index in [2.05, 4.69) is 10.0 Å². The van der Waals surface area contributed by atoms with E-state index < -0.39 is 11.6 Å². The molecule has 0 spiro atoms. The molecule has 4 aromatic carbocycles. The molecule has 9 heteroatoms. The highest BCUT2D eigenvalue weighted by atomic mass is 32.2. The van der Waals surface area contributed by atoms with Crippen LogP contribution in [0.5, 0.6) is 23.0 Å². The van der Waals surface area contributed by atoms with Crippen LogP contribution in [-0.4, -0.2) is 31.0 Å². The molecule has 0 aliphatic carbocycles. The quantitative estimate of drug-likeness (QED) is 0.143. The summed E-state index contributed by atoms with van der Waals surface area (Å²) < 4.78 is 20.3. The van der Waals surface area contributed by atoms with Gasteiger partial charge < -0.3 is 19.5 Å². The zero-order valence-corrected chi connectivity index (χ0v) is 23.9. The molecular weight excluding hydrogens is 526 g/mol. The highest BCUT2D eigenvalue weighted by Crippen LogP contribution is 2.38. The molecule has 0 saturated heterocycles. The van der Waals surface area contributed by atoms with Gasteiger partial charge in [0.05, 0.1) is 26.4 Å². The number of carbonyl (C=O) groups is 1. The van der Waals surface area contributed by atoms with Crippen molar-refractivity contribution in [3.05, 3.63) is 91.0 Å². The minimum atomic E-state index is -0.433. The lowest BCUT2D eigenvalue weighted by molar-refractivity contribution is 0.237. The number of methoxy groups -OCH3 is 2. The summed E-state index contributed by atoms with van der Waals surface area (Å²) in [7, 11) is 3.25. The van der Waals surface area contributed by atoms with Gasteiger partial charge in [-0.25, -0.2) is 4.79 Å². The predicted octanol–water partition coefficient (Wildman–Crippen LogP) is 7.69. The molecule has 8 nitrogen and oxygen atoms in total. The van der Waals surface area contributed by atoms with E-state index in [1.54, 1.807) is 26.4 Å². The standard InChI is InChI=1S/C31H33N3O5S/c1-31(2,3)32-30(35)33-40-34(36)28-20-24(22-11-16-26(38-5)17-12-22)13-18-29(28)39-27-8-6-7-23(19-27)21-9-14-25(37-4)15-10-21/h6-20,36H,1-5H3,(H2,32,33,35). The molecule has 3 N–H and O–H groups in total. The SMILES string of the molecule is COc1ccc(-c2cccc(Oc3ccc(-c4ccc(OC)cc4)cc3N(O)SNC(=O)NC(C)(C)C)c2)cc1. The maximum absolute atomic E-state index is 12.3. The van der Waals surface area contributed by atoms with Crippen LogP contribution < -0.4 is 28.7 Å². The molecule has 4 aromatic rings. The maximum Gasteiger partial charge on any atom is 0.326 e. The molecule has 0 bridgehead atoms. The van der Waals surface area contributed by atoms with Gasteiger partial charge in [0.2, 0.25) is 0 Å². The van der Waals surface area contributed by atoms with Crippen molar-refractivity contribution in [2.45, 2.75) is 26.3 Å². The summed E-state index contributed by atoms with van der Waals surface area (Å²) >= 11 is 0.731. The lowest BCUT2D eigenvalue weighted by Gasteiger charge is -2.23. The van der Waals surface area contributed by atoms with Crippen LogP contribution in [0.3, 0.4) is 0 Å². The molecule has 4 rings (SSSR count). The number of amides is 2. The van der Waals surface area contributed by atoms with Crippen molar-refractivity contribution in [2.75, 3.05) is 18.7 Å². The Morgan fingerprint density at radius 2 is 1.30 bits per heavy atom. The van der Waals surface area contributed by atoms with Gasteiger partial charge in [0, 0.05) is 5.54 Å². The molecule has 0 aliphatic rings. The lowest BCUT2D eigenvalue weighted by atomic mass is 10.0. The molecule has 0 heterocycles. The molecule has 0 aliphatic heterocycles. The predicted molar refractivity (Wildman–Crippen MR) is 160 cm³/mol. The van der Waals surface area contributed by atoms with E-state index in [0.29, 0.717) is 17.2 Å². The van der Waals surface area contributed by atoms with Crippen molar-refractivity contribution >= 4 is 23.9 Å². The molecule has 0 radical (unpaired) electrons. The Morgan fingerprint density at radius 1 is 0.750 bits per heavy atom. The van der Waals surface area contributed by atoms with Gasteiger partial charge in [-0.05, 0) is 91.6 Å². The Bertz CT molecular complexity index is 1440. The maximum atomic E-state index is 12.3. The molecule has 0 saturated carbocycles. The van der Waals surface area contributed by atoms with Crippen LogP contribution in [0.4, 0.5) is 10.5 Å². The third-order valence-corrected chi connectivity index (χ3v) is 6.43. The van der Waals surface area contributed by atoms with Crippen molar-refractivity contribution in [3.63, 3.8) is 0 Å². The van der Waals surface area contributed by atoms with Crippen molar-refractivity contribution < 1.29 is 24.2 Å². The van der Waals surface area contributed by atoms with E-state index >= 15 is 0 Å². The van der Waals surface area contributed by atoms with Gasteiger partial charge in [0.15, 0.2) is 5.75 Å². The summed E-state index contributed by atoms with van der Waals surface area (Å²) in [5.74, 6) is 2.51. The van der Waals surface area contributed by atoms with Crippen LogP contribution in [0.25, 0.3) is 22.3 Å². The first-order valence-corrected chi connectivity index (χ1v) is 13.4. The Kier molecular flexibility index (Phi) is 9.08. The number of hydrogen-bond donors (Lipinski definition) is 3. The van der Waals surface area contributed by atoms with Crippen LogP contribution in [0.2, 0.25) is 0 Å². The topological polar surface area (TPSA) is 92.3 Å². The number of carbonyl (C=O) groups excluding carboxylic acids is 1. The number of benzene rings is 4. The Morgan fingerprint density at radius 3 is 1.85 bits per heavy atom. The summed E-state index contributed by atoms with van der Waals surface area (Å²) in [5, 5.41) is 13.8. The average Bonchev–Trinajstić information content (AvgIpc) is 2.95. The molecule has 0 fully saturated rings. The zero-order chi connectivity index (χ0) is 28.7. The summed E-state index contributed by atoms with van der Waals surface area (Å²) in [6.07, 6.45) is 0. The zero-order valence-electron chi connectivity index (χ0n) is 23.1. The van der Waals surface area contributed by atoms with Crippen molar-refractivity contribution in [1.29, 1.82) is 0 Å². The summed E-state index contributed by atoms with van der Waals surface area (Å²) in [4.78, 5) is 12.3. The number of ether oxygens (including phenoxy) is 3. The third-order valence-electron chi connectivity index (χ3n) is 5.79. The van der Waals surface area contributed by atoms with Crippen LogP contribution in [-0.2, 0) is 0 Å². The number of urea groups is 1. The van der Waals surface area contributed by atoms with Gasteiger partial charge in [-0.3, -0.25) is 9.93 Å². The third kappa shape index (κ3) is 7.62. The molecule has 0 aromatic heterocycles. The average molecular weight is 560 g/mol. The molecule has 0 atom stereocenters. The molecule has 208 valence electrons. The van der Waals surface area contributed by atoms with Gasteiger partial charge in [-0.1, -0.05) is 42.5 Å². The smallest absolute Gasteiger partial charge is 0.326 e. The van der Waals surface area contributed by atoms with Gasteiger partial charge in [0.1, 0.15) is 22.9 Å². The number of anilines is 1. The summed E-state index contributed by atoms with van der Waals surface area (Å²) in [6.45, 7) is 5.62. The van der Waals surface area contributed by atoms with Crippen LogP contribution >= 0.6 is 12.1 Å². The van der Waals surface area contributed by atoms with E-state index in [9.17, 15) is 10.0 Å². The van der Waals surface area contributed by atoms with Crippen molar-refractivity contribution in [1.82, 2.24) is 10.0 Å². The highest BCUT2D eigenvalue weighted by Gasteiger charge is 2.18. The molecule has 0 unspecified atom stereocenters. The minimum absolute atomic E-state index is 0.351. The first-order valence-electron chi connectivity index (χ1n) is 12.6. The van der Waals surface area contributed by atoms with Gasteiger partial charge in [0.25, 0.3) is 0 Å².